The summed E-state index contributed by atoms with van der Waals surface area (Å²) in [7, 11) is 0. The molecule has 2 rings (SSSR count). The number of para-hydroxylation sites is 1. The lowest BCUT2D eigenvalue weighted by atomic mass is 10.2. The normalized spacial score (nSPS) is 13.9. The molecule has 0 amide bonds. The largest absolute Gasteiger partial charge is 0.490 e. The molecule has 1 aromatic carbocycles. The molecule has 98 valence electrons. The van der Waals surface area contributed by atoms with E-state index in [2.05, 4.69) is 31.3 Å². The molecule has 1 N–H and O–H groups in total. The highest BCUT2D eigenvalue weighted by Crippen LogP contribution is 2.32. The van der Waals surface area contributed by atoms with E-state index in [4.69, 9.17) is 9.47 Å². The van der Waals surface area contributed by atoms with Crippen LogP contribution in [0.25, 0.3) is 0 Å². The summed E-state index contributed by atoms with van der Waals surface area (Å²) >= 11 is 0. The van der Waals surface area contributed by atoms with Crippen molar-refractivity contribution in [2.75, 3.05) is 19.8 Å². The Morgan fingerprint density at radius 2 is 2.11 bits per heavy atom. The van der Waals surface area contributed by atoms with E-state index in [1.54, 1.807) is 0 Å². The Morgan fingerprint density at radius 3 is 2.94 bits per heavy atom. The quantitative estimate of drug-likeness (QED) is 0.655. The first kappa shape index (κ1) is 13.0. The minimum absolute atomic E-state index is 0.734. The van der Waals surface area contributed by atoms with Gasteiger partial charge in [-0.05, 0) is 19.9 Å². The van der Waals surface area contributed by atoms with Crippen molar-refractivity contribution in [3.63, 3.8) is 0 Å². The van der Waals surface area contributed by atoms with Gasteiger partial charge in [-0.3, -0.25) is 0 Å². The van der Waals surface area contributed by atoms with Crippen LogP contribution in [-0.2, 0) is 6.54 Å². The van der Waals surface area contributed by atoms with Gasteiger partial charge in [0.2, 0.25) is 0 Å². The summed E-state index contributed by atoms with van der Waals surface area (Å²) in [4.78, 5) is 0. The van der Waals surface area contributed by atoms with Gasteiger partial charge >= 0.3 is 0 Å². The van der Waals surface area contributed by atoms with Crippen molar-refractivity contribution in [2.45, 2.75) is 26.8 Å². The van der Waals surface area contributed by atoms with Crippen LogP contribution in [0, 0.1) is 0 Å². The van der Waals surface area contributed by atoms with Crippen LogP contribution in [0.5, 0.6) is 11.5 Å². The third-order valence-corrected chi connectivity index (χ3v) is 2.82. The van der Waals surface area contributed by atoms with E-state index >= 15 is 0 Å². The molecule has 0 saturated carbocycles. The van der Waals surface area contributed by atoms with Crippen molar-refractivity contribution in [1.29, 1.82) is 0 Å². The molecule has 0 unspecified atom stereocenters. The monoisotopic (exact) mass is 247 g/mol. The average Bonchev–Trinajstić information content (AvgIpc) is 2.60. The second kappa shape index (κ2) is 6.45. The molecule has 1 heterocycles. The highest BCUT2D eigenvalue weighted by molar-refractivity contribution is 5.47. The van der Waals surface area contributed by atoms with Gasteiger partial charge in [-0.25, -0.2) is 0 Å². The molecular formula is C15H21NO2. The van der Waals surface area contributed by atoms with Crippen molar-refractivity contribution in [2.24, 2.45) is 0 Å². The third kappa shape index (κ3) is 3.50. The van der Waals surface area contributed by atoms with Crippen molar-refractivity contribution < 1.29 is 9.47 Å². The van der Waals surface area contributed by atoms with Crippen molar-refractivity contribution >= 4 is 0 Å². The van der Waals surface area contributed by atoms with E-state index < -0.39 is 0 Å². The molecular weight excluding hydrogens is 226 g/mol. The highest BCUT2D eigenvalue weighted by Gasteiger charge is 2.13. The number of allylic oxidation sites excluding steroid dienone is 1. The Bertz CT molecular complexity index is 423. The number of hydrogen-bond donors (Lipinski definition) is 1. The SMILES string of the molecule is CC(C)=CCNCc1cccc2c1OCCCO2. The van der Waals surface area contributed by atoms with Crippen LogP contribution in [-0.4, -0.2) is 19.8 Å². The second-order valence-corrected chi connectivity index (χ2v) is 4.71. The van der Waals surface area contributed by atoms with Gasteiger partial charge in [0, 0.05) is 25.1 Å². The lowest BCUT2D eigenvalue weighted by Gasteiger charge is -2.12. The first-order valence-electron chi connectivity index (χ1n) is 6.49. The Morgan fingerprint density at radius 1 is 1.28 bits per heavy atom. The zero-order valence-electron chi connectivity index (χ0n) is 11.2. The smallest absolute Gasteiger partial charge is 0.165 e. The van der Waals surface area contributed by atoms with Gasteiger partial charge in [0.15, 0.2) is 11.5 Å². The first-order valence-corrected chi connectivity index (χ1v) is 6.49. The standard InChI is InChI=1S/C15H21NO2/c1-12(2)7-8-16-11-13-5-3-6-14-15(13)18-10-4-9-17-14/h3,5-7,16H,4,8-11H2,1-2H3. The van der Waals surface area contributed by atoms with Gasteiger partial charge in [0.05, 0.1) is 13.2 Å². The van der Waals surface area contributed by atoms with E-state index in [0.29, 0.717) is 0 Å². The molecule has 0 aromatic heterocycles. The van der Waals surface area contributed by atoms with Gasteiger partial charge in [0.1, 0.15) is 0 Å². The molecule has 3 nitrogen and oxygen atoms in total. The summed E-state index contributed by atoms with van der Waals surface area (Å²) in [6.45, 7) is 7.36. The fourth-order valence-electron chi connectivity index (χ4n) is 1.88. The van der Waals surface area contributed by atoms with Gasteiger partial charge in [-0.2, -0.15) is 0 Å². The number of hydrogen-bond acceptors (Lipinski definition) is 3. The van der Waals surface area contributed by atoms with Crippen LogP contribution in [0.2, 0.25) is 0 Å². The Balaban J connectivity index is 2.02. The molecule has 1 aliphatic heterocycles. The predicted octanol–water partition coefficient (Wildman–Crippen LogP) is 2.90. The minimum atomic E-state index is 0.734. The molecule has 0 spiro atoms. The van der Waals surface area contributed by atoms with E-state index in [1.165, 1.54) is 5.57 Å². The van der Waals surface area contributed by atoms with Crippen LogP contribution < -0.4 is 14.8 Å². The molecule has 0 fully saturated rings. The molecule has 18 heavy (non-hydrogen) atoms. The number of ether oxygens (including phenoxy) is 2. The molecule has 1 aliphatic rings. The Kier molecular flexibility index (Phi) is 4.65. The number of fused-ring (bicyclic) bond motifs is 1. The topological polar surface area (TPSA) is 30.5 Å². The maximum atomic E-state index is 5.78. The molecule has 1 aromatic rings. The number of benzene rings is 1. The van der Waals surface area contributed by atoms with Gasteiger partial charge in [-0.1, -0.05) is 23.8 Å². The van der Waals surface area contributed by atoms with Crippen LogP contribution >= 0.6 is 0 Å². The highest BCUT2D eigenvalue weighted by atomic mass is 16.5. The zero-order valence-corrected chi connectivity index (χ0v) is 11.2. The van der Waals surface area contributed by atoms with Crippen molar-refractivity contribution in [3.05, 3.63) is 35.4 Å². The fourth-order valence-corrected chi connectivity index (χ4v) is 1.88. The first-order chi connectivity index (χ1) is 8.77. The zero-order chi connectivity index (χ0) is 12.8. The maximum absolute atomic E-state index is 5.78. The van der Waals surface area contributed by atoms with Gasteiger partial charge in [-0.15, -0.1) is 0 Å². The van der Waals surface area contributed by atoms with Gasteiger partial charge in [0.25, 0.3) is 0 Å². The van der Waals surface area contributed by atoms with Crippen LogP contribution in [0.15, 0.2) is 29.8 Å². The molecule has 0 bridgehead atoms. The average molecular weight is 247 g/mol. The summed E-state index contributed by atoms with van der Waals surface area (Å²) < 4.78 is 11.4. The van der Waals surface area contributed by atoms with E-state index in [0.717, 1.165) is 49.8 Å². The summed E-state index contributed by atoms with van der Waals surface area (Å²) in [5.41, 5.74) is 2.49. The van der Waals surface area contributed by atoms with Crippen molar-refractivity contribution in [3.8, 4) is 11.5 Å². The van der Waals surface area contributed by atoms with Crippen molar-refractivity contribution in [1.82, 2.24) is 5.32 Å². The Hall–Kier alpha value is -1.48. The van der Waals surface area contributed by atoms with E-state index in [9.17, 15) is 0 Å². The Labute approximate surface area is 109 Å². The lowest BCUT2D eigenvalue weighted by Crippen LogP contribution is -2.14. The van der Waals surface area contributed by atoms with Crippen LogP contribution in [0.1, 0.15) is 25.8 Å². The fraction of sp³-hybridized carbons (Fsp3) is 0.467. The molecule has 0 saturated heterocycles. The van der Waals surface area contributed by atoms with Gasteiger partial charge < -0.3 is 14.8 Å². The number of nitrogens with one attached hydrogen (secondary N) is 1. The third-order valence-electron chi connectivity index (χ3n) is 2.82. The molecule has 0 radical (unpaired) electrons. The summed E-state index contributed by atoms with van der Waals surface area (Å²) in [6, 6.07) is 6.08. The summed E-state index contributed by atoms with van der Waals surface area (Å²) in [5, 5.41) is 3.39. The molecule has 3 heteroatoms. The summed E-state index contributed by atoms with van der Waals surface area (Å²) in [5.74, 6) is 1.77. The summed E-state index contributed by atoms with van der Waals surface area (Å²) in [6.07, 6.45) is 3.12. The van der Waals surface area contributed by atoms with E-state index in [-0.39, 0.29) is 0 Å². The second-order valence-electron chi connectivity index (χ2n) is 4.71. The minimum Gasteiger partial charge on any atom is -0.490 e. The number of rotatable bonds is 4. The van der Waals surface area contributed by atoms with Crippen LogP contribution in [0.4, 0.5) is 0 Å². The molecule has 0 aliphatic carbocycles. The predicted molar refractivity (Wildman–Crippen MR) is 73.2 cm³/mol. The molecule has 0 atom stereocenters. The van der Waals surface area contributed by atoms with Crippen LogP contribution in [0.3, 0.4) is 0 Å². The lowest BCUT2D eigenvalue weighted by molar-refractivity contribution is 0.296. The van der Waals surface area contributed by atoms with E-state index in [1.807, 2.05) is 12.1 Å². The maximum Gasteiger partial charge on any atom is 0.165 e.